The van der Waals surface area contributed by atoms with E-state index >= 15 is 0 Å². The van der Waals surface area contributed by atoms with E-state index in [-0.39, 0.29) is 10.6 Å². The summed E-state index contributed by atoms with van der Waals surface area (Å²) < 4.78 is 0. The predicted octanol–water partition coefficient (Wildman–Crippen LogP) is 3.89. The van der Waals surface area contributed by atoms with Crippen LogP contribution in [0.15, 0.2) is 18.2 Å². The lowest BCUT2D eigenvalue weighted by Crippen LogP contribution is -2.30. The molecule has 0 heterocycles. The lowest BCUT2D eigenvalue weighted by atomic mass is 9.86. The van der Waals surface area contributed by atoms with Gasteiger partial charge in [-0.2, -0.15) is 0 Å². The number of nitrogens with one attached hydrogen (secondary N) is 1. The maximum absolute atomic E-state index is 11.1. The Hall–Kier alpha value is -1.58. The van der Waals surface area contributed by atoms with Gasteiger partial charge in [-0.15, -0.1) is 0 Å². The monoisotopic (exact) mass is 248 g/mol. The van der Waals surface area contributed by atoms with Gasteiger partial charge in [0.25, 0.3) is 5.69 Å². The highest BCUT2D eigenvalue weighted by Crippen LogP contribution is 2.32. The van der Waals surface area contributed by atoms with Gasteiger partial charge in [0.15, 0.2) is 0 Å². The molecular weight excluding hydrogens is 228 g/mol. The molecule has 2 unspecified atom stereocenters. The van der Waals surface area contributed by atoms with E-state index in [1.807, 2.05) is 12.1 Å². The quantitative estimate of drug-likeness (QED) is 0.652. The summed E-state index contributed by atoms with van der Waals surface area (Å²) in [4.78, 5) is 10.8. The Balaban J connectivity index is 2.23. The second-order valence-corrected chi connectivity index (χ2v) is 5.24. The first-order chi connectivity index (χ1) is 8.59. The molecule has 98 valence electrons. The second-order valence-electron chi connectivity index (χ2n) is 5.24. The Labute approximate surface area is 108 Å². The molecule has 0 aliphatic heterocycles. The van der Waals surface area contributed by atoms with Crippen LogP contribution in [0, 0.1) is 23.0 Å². The van der Waals surface area contributed by atoms with E-state index in [0.717, 1.165) is 6.42 Å². The molecule has 1 aliphatic carbocycles. The van der Waals surface area contributed by atoms with Crippen LogP contribution in [-0.2, 0) is 0 Å². The lowest BCUT2D eigenvalue weighted by molar-refractivity contribution is -0.384. The van der Waals surface area contributed by atoms with Crippen LogP contribution >= 0.6 is 0 Å². The topological polar surface area (TPSA) is 55.2 Å². The number of hydrogen-bond donors (Lipinski definition) is 1. The molecule has 1 aromatic rings. The molecule has 1 aliphatic rings. The van der Waals surface area contributed by atoms with Crippen molar-refractivity contribution >= 4 is 11.4 Å². The minimum Gasteiger partial charge on any atom is -0.376 e. The molecule has 1 saturated carbocycles. The Morgan fingerprint density at radius 1 is 1.33 bits per heavy atom. The summed E-state index contributed by atoms with van der Waals surface area (Å²) in [7, 11) is 0. The fourth-order valence-corrected chi connectivity index (χ4v) is 2.75. The van der Waals surface area contributed by atoms with Gasteiger partial charge in [0.05, 0.1) is 4.92 Å². The Kier molecular flexibility index (Phi) is 3.84. The standard InChI is InChI=1S/C14H20N2O2/c1-10-6-3-4-8-12(10)15-13-9-5-7-11(2)14(13)16(17)18/h5,7,9-10,12,15H,3-4,6,8H2,1-2H3. The number of aryl methyl sites for hydroxylation is 1. The van der Waals surface area contributed by atoms with Gasteiger partial charge in [-0.1, -0.05) is 31.9 Å². The number of para-hydroxylation sites is 1. The van der Waals surface area contributed by atoms with E-state index in [2.05, 4.69) is 12.2 Å². The van der Waals surface area contributed by atoms with Crippen molar-refractivity contribution < 1.29 is 4.92 Å². The van der Waals surface area contributed by atoms with Crippen LogP contribution in [-0.4, -0.2) is 11.0 Å². The predicted molar refractivity (Wildman–Crippen MR) is 72.9 cm³/mol. The van der Waals surface area contributed by atoms with Gasteiger partial charge in [0, 0.05) is 11.6 Å². The van der Waals surface area contributed by atoms with Gasteiger partial charge in [-0.25, -0.2) is 0 Å². The average molecular weight is 248 g/mol. The first-order valence-corrected chi connectivity index (χ1v) is 6.60. The van der Waals surface area contributed by atoms with Gasteiger partial charge in [-0.3, -0.25) is 10.1 Å². The summed E-state index contributed by atoms with van der Waals surface area (Å²) >= 11 is 0. The molecule has 2 atom stereocenters. The normalized spacial score (nSPS) is 23.7. The maximum Gasteiger partial charge on any atom is 0.295 e. The Morgan fingerprint density at radius 3 is 2.72 bits per heavy atom. The summed E-state index contributed by atoms with van der Waals surface area (Å²) in [6.45, 7) is 4.01. The zero-order valence-corrected chi connectivity index (χ0v) is 11.0. The van der Waals surface area contributed by atoms with Crippen molar-refractivity contribution in [1.29, 1.82) is 0 Å². The molecule has 2 rings (SSSR count). The van der Waals surface area contributed by atoms with Crippen molar-refractivity contribution in [3.63, 3.8) is 0 Å². The van der Waals surface area contributed by atoms with E-state index < -0.39 is 0 Å². The molecule has 4 nitrogen and oxygen atoms in total. The number of nitro groups is 1. The molecule has 18 heavy (non-hydrogen) atoms. The van der Waals surface area contributed by atoms with Crippen LogP contribution in [0.4, 0.5) is 11.4 Å². The Bertz CT molecular complexity index is 445. The number of benzene rings is 1. The van der Waals surface area contributed by atoms with Gasteiger partial charge in [-0.05, 0) is 31.7 Å². The number of nitrogens with zero attached hydrogens (tertiary/aromatic N) is 1. The van der Waals surface area contributed by atoms with Crippen LogP contribution in [0.1, 0.15) is 38.2 Å². The zero-order chi connectivity index (χ0) is 13.1. The molecule has 0 saturated heterocycles. The summed E-state index contributed by atoms with van der Waals surface area (Å²) in [5.41, 5.74) is 1.60. The van der Waals surface area contributed by atoms with Gasteiger partial charge in [0.1, 0.15) is 5.69 Å². The number of hydrogen-bond acceptors (Lipinski definition) is 3. The molecule has 0 spiro atoms. The van der Waals surface area contributed by atoms with Crippen LogP contribution in [0.2, 0.25) is 0 Å². The molecule has 0 bridgehead atoms. The molecular formula is C14H20N2O2. The SMILES string of the molecule is Cc1cccc(NC2CCCCC2C)c1[N+](=O)[O-]. The lowest BCUT2D eigenvalue weighted by Gasteiger charge is -2.30. The van der Waals surface area contributed by atoms with Crippen molar-refractivity contribution in [3.8, 4) is 0 Å². The van der Waals surface area contributed by atoms with Crippen LogP contribution in [0.25, 0.3) is 0 Å². The van der Waals surface area contributed by atoms with Crippen molar-refractivity contribution in [1.82, 2.24) is 0 Å². The summed E-state index contributed by atoms with van der Waals surface area (Å²) in [5, 5.41) is 14.5. The molecule has 1 fully saturated rings. The van der Waals surface area contributed by atoms with E-state index in [1.54, 1.807) is 13.0 Å². The van der Waals surface area contributed by atoms with Crippen molar-refractivity contribution in [2.75, 3.05) is 5.32 Å². The van der Waals surface area contributed by atoms with E-state index in [1.165, 1.54) is 19.3 Å². The number of anilines is 1. The third kappa shape index (κ3) is 2.63. The second kappa shape index (κ2) is 5.38. The minimum atomic E-state index is -0.287. The average Bonchev–Trinajstić information content (AvgIpc) is 2.31. The summed E-state index contributed by atoms with van der Waals surface area (Å²) in [6, 6.07) is 5.83. The largest absolute Gasteiger partial charge is 0.376 e. The fraction of sp³-hybridized carbons (Fsp3) is 0.571. The van der Waals surface area contributed by atoms with E-state index in [0.29, 0.717) is 23.2 Å². The third-order valence-corrected chi connectivity index (χ3v) is 3.87. The van der Waals surface area contributed by atoms with Gasteiger partial charge >= 0.3 is 0 Å². The smallest absolute Gasteiger partial charge is 0.295 e. The first kappa shape index (κ1) is 12.9. The van der Waals surface area contributed by atoms with Gasteiger partial charge in [0.2, 0.25) is 0 Å². The molecule has 4 heteroatoms. The van der Waals surface area contributed by atoms with Crippen molar-refractivity contribution in [2.45, 2.75) is 45.6 Å². The van der Waals surface area contributed by atoms with Crippen molar-refractivity contribution in [2.24, 2.45) is 5.92 Å². The van der Waals surface area contributed by atoms with Gasteiger partial charge < -0.3 is 5.32 Å². The highest BCUT2D eigenvalue weighted by atomic mass is 16.6. The molecule has 0 aromatic heterocycles. The van der Waals surface area contributed by atoms with E-state index in [9.17, 15) is 10.1 Å². The highest BCUT2D eigenvalue weighted by Gasteiger charge is 2.24. The third-order valence-electron chi connectivity index (χ3n) is 3.87. The van der Waals surface area contributed by atoms with E-state index in [4.69, 9.17) is 0 Å². The molecule has 0 amide bonds. The van der Waals surface area contributed by atoms with Crippen LogP contribution in [0.5, 0.6) is 0 Å². The summed E-state index contributed by atoms with van der Waals surface area (Å²) in [5.74, 6) is 0.582. The minimum absolute atomic E-state index is 0.218. The van der Waals surface area contributed by atoms with Crippen LogP contribution in [0.3, 0.4) is 0 Å². The zero-order valence-electron chi connectivity index (χ0n) is 11.0. The van der Waals surface area contributed by atoms with Crippen molar-refractivity contribution in [3.05, 3.63) is 33.9 Å². The number of rotatable bonds is 3. The molecule has 0 radical (unpaired) electrons. The fourth-order valence-electron chi connectivity index (χ4n) is 2.75. The summed E-state index contributed by atoms with van der Waals surface area (Å²) in [6.07, 6.45) is 4.79. The number of nitro benzene ring substituents is 1. The Morgan fingerprint density at radius 2 is 2.06 bits per heavy atom. The molecule has 1 aromatic carbocycles. The first-order valence-electron chi connectivity index (χ1n) is 6.60. The maximum atomic E-state index is 11.1. The van der Waals surface area contributed by atoms with Crippen LogP contribution < -0.4 is 5.32 Å². The highest BCUT2D eigenvalue weighted by molar-refractivity contribution is 5.65. The molecule has 1 N–H and O–H groups in total.